The van der Waals surface area contributed by atoms with Gasteiger partial charge in [0.15, 0.2) is 11.5 Å². The normalized spacial score (nSPS) is 28.6. The number of benzene rings is 1. The van der Waals surface area contributed by atoms with Gasteiger partial charge in [0.25, 0.3) is 0 Å². The zero-order valence-corrected chi connectivity index (χ0v) is 12.1. The molecule has 3 nitrogen and oxygen atoms in total. The molecule has 3 aliphatic rings. The summed E-state index contributed by atoms with van der Waals surface area (Å²) in [4.78, 5) is 0. The number of aromatic hydroxyl groups is 1. The molecule has 0 radical (unpaired) electrons. The fourth-order valence-electron chi connectivity index (χ4n) is 3.82. The third-order valence-corrected chi connectivity index (χ3v) is 4.89. The number of ether oxygens (including phenoxy) is 2. The maximum Gasteiger partial charge on any atom is 0.163 e. The second kappa shape index (κ2) is 4.14. The monoisotopic (exact) mass is 262 g/mol. The first-order valence-electron chi connectivity index (χ1n) is 7.06. The molecule has 1 saturated heterocycles. The van der Waals surface area contributed by atoms with Crippen molar-refractivity contribution in [3.8, 4) is 11.5 Å². The van der Waals surface area contributed by atoms with Gasteiger partial charge < -0.3 is 14.6 Å². The number of hydrogen-bond donors (Lipinski definition) is 1. The van der Waals surface area contributed by atoms with E-state index < -0.39 is 0 Å². The fraction of sp³-hybridized carbons (Fsp3) is 0.625. The second-order valence-electron chi connectivity index (χ2n) is 6.13. The van der Waals surface area contributed by atoms with E-state index in [9.17, 15) is 5.11 Å². The SMILES string of the molecule is COc1c(C)cc2c(c1O)[C@H]1CC[C@]2(C(C)C)OC1. The minimum atomic E-state index is -0.224. The zero-order chi connectivity index (χ0) is 13.8. The van der Waals surface area contributed by atoms with Gasteiger partial charge in [-0.2, -0.15) is 0 Å². The predicted molar refractivity (Wildman–Crippen MR) is 73.8 cm³/mol. The third kappa shape index (κ3) is 1.54. The number of phenolic OH excluding ortho intramolecular Hbond substituents is 1. The van der Waals surface area contributed by atoms with Crippen LogP contribution in [0, 0.1) is 12.8 Å². The van der Waals surface area contributed by atoms with E-state index in [1.165, 1.54) is 5.56 Å². The molecule has 104 valence electrons. The number of rotatable bonds is 2. The molecule has 0 unspecified atom stereocenters. The zero-order valence-electron chi connectivity index (χ0n) is 12.1. The van der Waals surface area contributed by atoms with Crippen LogP contribution in [0.3, 0.4) is 0 Å². The Morgan fingerprint density at radius 3 is 2.74 bits per heavy atom. The van der Waals surface area contributed by atoms with Gasteiger partial charge in [0.1, 0.15) is 0 Å². The maximum absolute atomic E-state index is 10.6. The van der Waals surface area contributed by atoms with Crippen molar-refractivity contribution in [1.82, 2.24) is 0 Å². The molecular formula is C16H22O3. The lowest BCUT2D eigenvalue weighted by molar-refractivity contribution is -0.137. The molecule has 1 aromatic rings. The van der Waals surface area contributed by atoms with E-state index in [4.69, 9.17) is 9.47 Å². The quantitative estimate of drug-likeness (QED) is 0.887. The van der Waals surface area contributed by atoms with Gasteiger partial charge in [-0.25, -0.2) is 0 Å². The lowest BCUT2D eigenvalue weighted by Gasteiger charge is -2.50. The maximum atomic E-state index is 10.6. The van der Waals surface area contributed by atoms with Crippen LogP contribution in [0.5, 0.6) is 11.5 Å². The topological polar surface area (TPSA) is 38.7 Å². The molecular weight excluding hydrogens is 240 g/mol. The molecule has 1 aliphatic carbocycles. The Morgan fingerprint density at radius 1 is 1.47 bits per heavy atom. The first-order valence-corrected chi connectivity index (χ1v) is 7.06. The number of hydrogen-bond acceptors (Lipinski definition) is 3. The highest BCUT2D eigenvalue weighted by Crippen LogP contribution is 2.57. The Kier molecular flexibility index (Phi) is 2.79. The average Bonchev–Trinajstić information content (AvgIpc) is 2.39. The predicted octanol–water partition coefficient (Wildman–Crippen LogP) is 3.47. The molecule has 1 fully saturated rings. The fourth-order valence-corrected chi connectivity index (χ4v) is 3.82. The molecule has 2 atom stereocenters. The van der Waals surface area contributed by atoms with Gasteiger partial charge in [-0.1, -0.05) is 13.8 Å². The van der Waals surface area contributed by atoms with Crippen molar-refractivity contribution >= 4 is 0 Å². The molecule has 3 heteroatoms. The molecule has 2 aliphatic heterocycles. The summed E-state index contributed by atoms with van der Waals surface area (Å²) < 4.78 is 11.5. The van der Waals surface area contributed by atoms with Crippen molar-refractivity contribution in [2.45, 2.75) is 45.1 Å². The standard InChI is InChI=1S/C16H22O3/c1-9(2)16-6-5-11(8-19-16)13-12(16)7-10(3)15(18-4)14(13)17/h7,9,11,17H,5-6,8H2,1-4H3/t11-,16+/m0/s1. The number of methoxy groups -OCH3 is 1. The molecule has 0 amide bonds. The van der Waals surface area contributed by atoms with E-state index in [0.717, 1.165) is 24.0 Å². The lowest BCUT2D eigenvalue weighted by Crippen LogP contribution is -2.46. The minimum Gasteiger partial charge on any atom is -0.504 e. The van der Waals surface area contributed by atoms with Crippen molar-refractivity contribution in [2.75, 3.05) is 13.7 Å². The van der Waals surface area contributed by atoms with E-state index in [1.54, 1.807) is 7.11 Å². The van der Waals surface area contributed by atoms with E-state index in [-0.39, 0.29) is 5.60 Å². The van der Waals surface area contributed by atoms with Crippen LogP contribution >= 0.6 is 0 Å². The highest BCUT2D eigenvalue weighted by Gasteiger charge is 2.49. The van der Waals surface area contributed by atoms with Crippen LogP contribution in [0.15, 0.2) is 6.07 Å². The highest BCUT2D eigenvalue weighted by molar-refractivity contribution is 5.59. The molecule has 1 aromatic carbocycles. The van der Waals surface area contributed by atoms with E-state index in [1.807, 2.05) is 6.92 Å². The summed E-state index contributed by atoms with van der Waals surface area (Å²) >= 11 is 0. The van der Waals surface area contributed by atoms with Crippen LogP contribution in [-0.4, -0.2) is 18.8 Å². The number of phenols is 1. The van der Waals surface area contributed by atoms with Crippen LogP contribution < -0.4 is 4.74 Å². The summed E-state index contributed by atoms with van der Waals surface area (Å²) in [6, 6.07) is 2.15. The smallest absolute Gasteiger partial charge is 0.163 e. The van der Waals surface area contributed by atoms with E-state index in [0.29, 0.717) is 29.9 Å². The Labute approximate surface area is 114 Å². The van der Waals surface area contributed by atoms with Crippen molar-refractivity contribution < 1.29 is 14.6 Å². The summed E-state index contributed by atoms with van der Waals surface area (Å²) in [5, 5.41) is 10.6. The van der Waals surface area contributed by atoms with Gasteiger partial charge >= 0.3 is 0 Å². The van der Waals surface area contributed by atoms with Gasteiger partial charge in [0.05, 0.1) is 19.3 Å². The molecule has 4 rings (SSSR count). The van der Waals surface area contributed by atoms with Gasteiger partial charge in [0, 0.05) is 11.5 Å². The Bertz CT molecular complexity index is 511. The largest absolute Gasteiger partial charge is 0.504 e. The van der Waals surface area contributed by atoms with Crippen molar-refractivity contribution in [3.05, 3.63) is 22.8 Å². The van der Waals surface area contributed by atoms with Gasteiger partial charge in [-0.3, -0.25) is 0 Å². The van der Waals surface area contributed by atoms with Crippen LogP contribution in [0.2, 0.25) is 0 Å². The molecule has 2 bridgehead atoms. The highest BCUT2D eigenvalue weighted by atomic mass is 16.5. The van der Waals surface area contributed by atoms with Gasteiger partial charge in [0.2, 0.25) is 0 Å². The van der Waals surface area contributed by atoms with Crippen molar-refractivity contribution in [3.63, 3.8) is 0 Å². The van der Waals surface area contributed by atoms with Crippen LogP contribution in [-0.2, 0) is 10.3 Å². The molecule has 0 spiro atoms. The molecule has 1 N–H and O–H groups in total. The summed E-state index contributed by atoms with van der Waals surface area (Å²) in [6.07, 6.45) is 2.14. The van der Waals surface area contributed by atoms with Crippen molar-refractivity contribution in [1.29, 1.82) is 0 Å². The second-order valence-corrected chi connectivity index (χ2v) is 6.13. The molecule has 0 saturated carbocycles. The Hall–Kier alpha value is -1.22. The summed E-state index contributed by atoms with van der Waals surface area (Å²) in [5.41, 5.74) is 3.00. The summed E-state index contributed by atoms with van der Waals surface area (Å²) in [5.74, 6) is 1.66. The Balaban J connectivity index is 2.28. The molecule has 2 heterocycles. The first-order chi connectivity index (χ1) is 9.01. The molecule has 0 aromatic heterocycles. The van der Waals surface area contributed by atoms with Crippen LogP contribution in [0.25, 0.3) is 0 Å². The summed E-state index contributed by atoms with van der Waals surface area (Å²) in [6.45, 7) is 7.10. The number of aryl methyl sites for hydroxylation is 1. The molecule has 19 heavy (non-hydrogen) atoms. The van der Waals surface area contributed by atoms with Gasteiger partial charge in [-0.15, -0.1) is 0 Å². The van der Waals surface area contributed by atoms with Crippen LogP contribution in [0.4, 0.5) is 0 Å². The Morgan fingerprint density at radius 2 is 2.21 bits per heavy atom. The van der Waals surface area contributed by atoms with Crippen LogP contribution in [0.1, 0.15) is 49.3 Å². The number of fused-ring (bicyclic) bond motifs is 2. The first kappa shape index (κ1) is 12.8. The summed E-state index contributed by atoms with van der Waals surface area (Å²) in [7, 11) is 1.62. The lowest BCUT2D eigenvalue weighted by atomic mass is 9.66. The minimum absolute atomic E-state index is 0.224. The average molecular weight is 262 g/mol. The van der Waals surface area contributed by atoms with E-state index >= 15 is 0 Å². The van der Waals surface area contributed by atoms with Gasteiger partial charge in [-0.05, 0) is 42.9 Å². The third-order valence-electron chi connectivity index (χ3n) is 4.89. The van der Waals surface area contributed by atoms with Crippen molar-refractivity contribution in [2.24, 2.45) is 5.92 Å². The van der Waals surface area contributed by atoms with E-state index in [2.05, 4.69) is 19.9 Å².